The van der Waals surface area contributed by atoms with Gasteiger partial charge in [0.2, 0.25) is 0 Å². The maximum atomic E-state index is 13.3. The normalized spacial score (nSPS) is 12.6. The number of carboxylic acids is 1. The number of aryl methyl sites for hydroxylation is 2. The molecule has 4 aromatic rings. The third-order valence-corrected chi connectivity index (χ3v) is 5.62. The number of amides is 1. The lowest BCUT2D eigenvalue weighted by Crippen LogP contribution is -2.30. The minimum Gasteiger partial charge on any atom is -0.475 e. The topological polar surface area (TPSA) is 93.3 Å². The van der Waals surface area contributed by atoms with Crippen molar-refractivity contribution in [1.29, 1.82) is 0 Å². The average molecular weight is 497 g/mol. The van der Waals surface area contributed by atoms with Gasteiger partial charge >= 0.3 is 12.1 Å². The molecular formula is C25H22F3N5O3. The maximum Gasteiger partial charge on any atom is 0.490 e. The Bertz CT molecular complexity index is 1410. The predicted molar refractivity (Wildman–Crippen MR) is 124 cm³/mol. The van der Waals surface area contributed by atoms with E-state index in [1.54, 1.807) is 12.4 Å². The van der Waals surface area contributed by atoms with Gasteiger partial charge < -0.3 is 14.6 Å². The van der Waals surface area contributed by atoms with Gasteiger partial charge in [-0.05, 0) is 36.8 Å². The van der Waals surface area contributed by atoms with E-state index in [0.29, 0.717) is 18.7 Å². The van der Waals surface area contributed by atoms with Gasteiger partial charge in [-0.2, -0.15) is 18.3 Å². The van der Waals surface area contributed by atoms with E-state index in [4.69, 9.17) is 15.0 Å². The van der Waals surface area contributed by atoms with Crippen LogP contribution in [0.4, 0.5) is 13.2 Å². The Morgan fingerprint density at radius 2 is 1.75 bits per heavy atom. The van der Waals surface area contributed by atoms with Crippen molar-refractivity contribution >= 4 is 11.9 Å². The number of pyridine rings is 1. The molecule has 0 radical (unpaired) electrons. The molecule has 1 aliphatic heterocycles. The number of aliphatic carboxylic acids is 1. The fourth-order valence-corrected chi connectivity index (χ4v) is 3.88. The third-order valence-electron chi connectivity index (χ3n) is 5.62. The van der Waals surface area contributed by atoms with Gasteiger partial charge in [0.15, 0.2) is 0 Å². The Hall–Kier alpha value is -4.41. The number of alkyl halides is 3. The standard InChI is InChI=1S/C23H21N5O.C2HF3O2/c1-16-10-17(12-24-11-16)23(29)27-13-18-14-28(19-6-4-3-5-7-19)25-22(18)20-8-9-26(2)21(20)15-27;3-2(4,5)1(6)7/h3-12,14H,13,15H2,1-2H3;(H,6,7). The lowest BCUT2D eigenvalue weighted by molar-refractivity contribution is -0.192. The van der Waals surface area contributed by atoms with Crippen LogP contribution >= 0.6 is 0 Å². The summed E-state index contributed by atoms with van der Waals surface area (Å²) in [6, 6.07) is 14.0. The molecule has 186 valence electrons. The van der Waals surface area contributed by atoms with Crippen molar-refractivity contribution in [2.75, 3.05) is 0 Å². The predicted octanol–water partition coefficient (Wildman–Crippen LogP) is 4.37. The number of halogens is 3. The lowest BCUT2D eigenvalue weighted by Gasteiger charge is -2.21. The van der Waals surface area contributed by atoms with Gasteiger partial charge in [-0.15, -0.1) is 0 Å². The molecule has 0 aliphatic carbocycles. The molecule has 1 aromatic carbocycles. The number of carbonyl (C=O) groups excluding carboxylic acids is 1. The zero-order valence-electron chi connectivity index (χ0n) is 19.4. The summed E-state index contributed by atoms with van der Waals surface area (Å²) in [5, 5.41) is 12.0. The van der Waals surface area contributed by atoms with E-state index in [9.17, 15) is 18.0 Å². The van der Waals surface area contributed by atoms with E-state index in [-0.39, 0.29) is 5.91 Å². The van der Waals surface area contributed by atoms with Crippen molar-refractivity contribution < 1.29 is 27.9 Å². The summed E-state index contributed by atoms with van der Waals surface area (Å²) in [6.07, 6.45) is 2.37. The van der Waals surface area contributed by atoms with Gasteiger partial charge in [-0.1, -0.05) is 18.2 Å². The van der Waals surface area contributed by atoms with Crippen LogP contribution in [-0.2, 0) is 24.9 Å². The third kappa shape index (κ3) is 5.14. The SMILES string of the molecule is Cc1cncc(C(=O)N2Cc3cn(-c4ccccc4)nc3-c3ccn(C)c3C2)c1.O=C(O)C(F)(F)F. The maximum absolute atomic E-state index is 13.3. The quantitative estimate of drug-likeness (QED) is 0.444. The molecule has 0 fully saturated rings. The fourth-order valence-electron chi connectivity index (χ4n) is 3.88. The lowest BCUT2D eigenvalue weighted by atomic mass is 10.1. The van der Waals surface area contributed by atoms with Crippen LogP contribution in [0.2, 0.25) is 0 Å². The Kier molecular flexibility index (Phi) is 6.65. The van der Waals surface area contributed by atoms with Crippen LogP contribution in [0.25, 0.3) is 16.9 Å². The first-order valence-corrected chi connectivity index (χ1v) is 10.8. The second kappa shape index (κ2) is 9.68. The first kappa shape index (κ1) is 24.7. The number of carbonyl (C=O) groups is 2. The highest BCUT2D eigenvalue weighted by molar-refractivity contribution is 5.94. The van der Waals surface area contributed by atoms with Gasteiger partial charge in [0, 0.05) is 48.7 Å². The van der Waals surface area contributed by atoms with Crippen molar-refractivity contribution in [3.63, 3.8) is 0 Å². The smallest absolute Gasteiger partial charge is 0.475 e. The number of carboxylic acid groups (broad SMARTS) is 1. The molecule has 1 aliphatic rings. The minimum absolute atomic E-state index is 0.0198. The molecule has 3 aromatic heterocycles. The van der Waals surface area contributed by atoms with Crippen LogP contribution in [0.3, 0.4) is 0 Å². The van der Waals surface area contributed by atoms with Crippen LogP contribution in [0.5, 0.6) is 0 Å². The van der Waals surface area contributed by atoms with E-state index in [1.165, 1.54) is 0 Å². The van der Waals surface area contributed by atoms with Gasteiger partial charge in [0.25, 0.3) is 5.91 Å². The van der Waals surface area contributed by atoms with Gasteiger partial charge in [0.05, 0.1) is 30.0 Å². The first-order valence-electron chi connectivity index (χ1n) is 10.8. The monoisotopic (exact) mass is 497 g/mol. The van der Waals surface area contributed by atoms with Crippen LogP contribution in [-0.4, -0.2) is 47.4 Å². The number of hydrogen-bond donors (Lipinski definition) is 1. The number of para-hydroxylation sites is 1. The van der Waals surface area contributed by atoms with Crippen LogP contribution in [0.15, 0.2) is 67.3 Å². The molecule has 4 heterocycles. The average Bonchev–Trinajstić information content (AvgIpc) is 3.38. The van der Waals surface area contributed by atoms with Crippen molar-refractivity contribution in [1.82, 2.24) is 24.2 Å². The zero-order valence-corrected chi connectivity index (χ0v) is 19.4. The second-order valence-corrected chi connectivity index (χ2v) is 8.29. The number of nitrogens with zero attached hydrogens (tertiary/aromatic N) is 5. The Balaban J connectivity index is 0.000000384. The molecule has 8 nitrogen and oxygen atoms in total. The zero-order chi connectivity index (χ0) is 26.0. The van der Waals surface area contributed by atoms with Crippen molar-refractivity contribution in [2.45, 2.75) is 26.2 Å². The summed E-state index contributed by atoms with van der Waals surface area (Å²) >= 11 is 0. The molecule has 0 saturated carbocycles. The molecule has 1 amide bonds. The van der Waals surface area contributed by atoms with Gasteiger partial charge in [-0.25, -0.2) is 9.48 Å². The molecular weight excluding hydrogens is 475 g/mol. The number of aromatic nitrogens is 4. The summed E-state index contributed by atoms with van der Waals surface area (Å²) in [5.74, 6) is -2.78. The largest absolute Gasteiger partial charge is 0.490 e. The molecule has 0 unspecified atom stereocenters. The molecule has 0 atom stereocenters. The Morgan fingerprint density at radius 3 is 2.39 bits per heavy atom. The van der Waals surface area contributed by atoms with Crippen LogP contribution < -0.4 is 0 Å². The molecule has 1 N–H and O–H groups in total. The summed E-state index contributed by atoms with van der Waals surface area (Å²) in [6.45, 7) is 2.99. The van der Waals surface area contributed by atoms with E-state index >= 15 is 0 Å². The highest BCUT2D eigenvalue weighted by Crippen LogP contribution is 2.33. The van der Waals surface area contributed by atoms with E-state index in [1.807, 2.05) is 72.3 Å². The minimum atomic E-state index is -5.08. The number of hydrogen-bond acceptors (Lipinski definition) is 4. The van der Waals surface area contributed by atoms with Crippen molar-refractivity contribution in [3.05, 3.63) is 89.6 Å². The Morgan fingerprint density at radius 1 is 1.06 bits per heavy atom. The molecule has 0 spiro atoms. The highest BCUT2D eigenvalue weighted by atomic mass is 19.4. The summed E-state index contributed by atoms with van der Waals surface area (Å²) < 4.78 is 35.7. The van der Waals surface area contributed by atoms with Gasteiger partial charge in [-0.3, -0.25) is 9.78 Å². The van der Waals surface area contributed by atoms with E-state index in [0.717, 1.165) is 33.8 Å². The summed E-state index contributed by atoms with van der Waals surface area (Å²) in [4.78, 5) is 28.2. The van der Waals surface area contributed by atoms with Crippen molar-refractivity contribution in [2.24, 2.45) is 7.05 Å². The van der Waals surface area contributed by atoms with Crippen molar-refractivity contribution in [3.8, 4) is 16.9 Å². The molecule has 11 heteroatoms. The summed E-state index contributed by atoms with van der Waals surface area (Å²) in [7, 11) is 2.01. The Labute approximate surface area is 204 Å². The molecule has 0 bridgehead atoms. The van der Waals surface area contributed by atoms with Gasteiger partial charge in [0.1, 0.15) is 0 Å². The number of fused-ring (bicyclic) bond motifs is 3. The summed E-state index contributed by atoms with van der Waals surface area (Å²) in [5.41, 5.74) is 6.71. The second-order valence-electron chi connectivity index (χ2n) is 8.29. The van der Waals surface area contributed by atoms with Crippen LogP contribution in [0.1, 0.15) is 27.2 Å². The molecule has 0 saturated heterocycles. The highest BCUT2D eigenvalue weighted by Gasteiger charge is 2.38. The fraction of sp³-hybridized carbons (Fsp3) is 0.200. The molecule has 5 rings (SSSR count). The van der Waals surface area contributed by atoms with Crippen LogP contribution in [0, 0.1) is 6.92 Å². The van der Waals surface area contributed by atoms with E-state index < -0.39 is 12.1 Å². The van der Waals surface area contributed by atoms with E-state index in [2.05, 4.69) is 15.6 Å². The first-order chi connectivity index (χ1) is 17.0. The number of rotatable bonds is 2. The number of benzene rings is 1. The molecule has 36 heavy (non-hydrogen) atoms.